The Labute approximate surface area is 164 Å². The molecule has 0 radical (unpaired) electrons. The molecule has 5 nitrogen and oxygen atoms in total. The summed E-state index contributed by atoms with van der Waals surface area (Å²) >= 11 is 5.27. The molecule has 0 fully saturated rings. The van der Waals surface area contributed by atoms with E-state index in [0.29, 0.717) is 10.8 Å². The van der Waals surface area contributed by atoms with Gasteiger partial charge in [0.05, 0.1) is 22.9 Å². The van der Waals surface area contributed by atoms with Crippen molar-refractivity contribution in [3.8, 4) is 0 Å². The smallest absolute Gasteiger partial charge is 0.149 e. The predicted octanol–water partition coefficient (Wildman–Crippen LogP) is 5.08. The number of hydrogen-bond acceptors (Lipinski definition) is 5. The average Bonchev–Trinajstić information content (AvgIpc) is 2.57. The molecule has 0 aromatic carbocycles. The lowest BCUT2D eigenvalue weighted by Crippen LogP contribution is -2.41. The van der Waals surface area contributed by atoms with Crippen molar-refractivity contribution in [2.75, 3.05) is 5.32 Å². The molecule has 0 aliphatic rings. The Bertz CT molecular complexity index is 718. The molecular formula is C19H27ClN4OS. The van der Waals surface area contributed by atoms with Crippen molar-refractivity contribution in [2.24, 2.45) is 0 Å². The van der Waals surface area contributed by atoms with E-state index in [4.69, 9.17) is 11.6 Å². The number of hydrogen-bond donors (Lipinski definition) is 2. The zero-order chi connectivity index (χ0) is 19.3. The summed E-state index contributed by atoms with van der Waals surface area (Å²) in [5, 5.41) is 3.70. The Morgan fingerprint density at radius 1 is 1.23 bits per heavy atom. The molecule has 0 amide bonds. The topological polar surface area (TPSA) is 72.9 Å². The van der Waals surface area contributed by atoms with Gasteiger partial charge in [0, 0.05) is 23.3 Å². The summed E-state index contributed by atoms with van der Waals surface area (Å²) in [5.74, 6) is 0.577. The molecule has 7 heteroatoms. The largest absolute Gasteiger partial charge is 0.598 e. The fraction of sp³-hybridized carbons (Fsp3) is 0.474. The van der Waals surface area contributed by atoms with Gasteiger partial charge >= 0.3 is 0 Å². The highest BCUT2D eigenvalue weighted by Gasteiger charge is 2.29. The minimum atomic E-state index is -1.16. The van der Waals surface area contributed by atoms with E-state index in [1.165, 1.54) is 0 Å². The van der Waals surface area contributed by atoms with Crippen molar-refractivity contribution in [3.63, 3.8) is 0 Å². The Morgan fingerprint density at radius 2 is 1.96 bits per heavy atom. The molecule has 0 spiro atoms. The van der Waals surface area contributed by atoms with Crippen molar-refractivity contribution in [1.82, 2.24) is 14.7 Å². The second-order valence-corrected chi connectivity index (χ2v) is 9.66. The molecule has 0 saturated carbocycles. The zero-order valence-corrected chi connectivity index (χ0v) is 17.5. The van der Waals surface area contributed by atoms with Crippen LogP contribution in [0.1, 0.15) is 57.8 Å². The van der Waals surface area contributed by atoms with Gasteiger partial charge in [-0.05, 0) is 57.9 Å². The highest BCUT2D eigenvalue weighted by molar-refractivity contribution is 7.90. The van der Waals surface area contributed by atoms with Gasteiger partial charge < -0.3 is 9.87 Å². The minimum Gasteiger partial charge on any atom is -0.598 e. The van der Waals surface area contributed by atoms with Gasteiger partial charge in [-0.15, -0.1) is 4.72 Å². The molecule has 0 aliphatic carbocycles. The summed E-state index contributed by atoms with van der Waals surface area (Å²) in [6.45, 7) is 9.89. The van der Waals surface area contributed by atoms with Gasteiger partial charge in [0.15, 0.2) is 0 Å². The molecule has 2 atom stereocenters. The minimum absolute atomic E-state index is 0.0554. The van der Waals surface area contributed by atoms with Crippen LogP contribution in [0.4, 0.5) is 11.5 Å². The first kappa shape index (κ1) is 21.0. The maximum atomic E-state index is 12.5. The summed E-state index contributed by atoms with van der Waals surface area (Å²) in [6.07, 6.45) is 5.35. The van der Waals surface area contributed by atoms with Gasteiger partial charge in [0.1, 0.15) is 10.6 Å². The molecule has 0 aliphatic heterocycles. The molecule has 2 aromatic rings. The number of nitrogens with zero attached hydrogens (tertiary/aromatic N) is 2. The van der Waals surface area contributed by atoms with Crippen molar-refractivity contribution in [2.45, 2.75) is 58.2 Å². The third-order valence-electron chi connectivity index (χ3n) is 3.82. The van der Waals surface area contributed by atoms with Gasteiger partial charge in [0.2, 0.25) is 0 Å². The number of rotatable bonds is 7. The van der Waals surface area contributed by atoms with Crippen molar-refractivity contribution >= 4 is 34.5 Å². The Balaban J connectivity index is 2.18. The van der Waals surface area contributed by atoms with Crippen LogP contribution in [0.25, 0.3) is 0 Å². The highest BCUT2D eigenvalue weighted by atomic mass is 35.5. The zero-order valence-electron chi connectivity index (χ0n) is 16.0. The van der Waals surface area contributed by atoms with Crippen LogP contribution in [-0.2, 0) is 11.4 Å². The maximum Gasteiger partial charge on any atom is 0.149 e. The van der Waals surface area contributed by atoms with Gasteiger partial charge in [-0.2, -0.15) is 0 Å². The molecule has 0 bridgehead atoms. The van der Waals surface area contributed by atoms with E-state index in [1.807, 2.05) is 45.9 Å². The van der Waals surface area contributed by atoms with Crippen LogP contribution in [0, 0.1) is 6.92 Å². The normalized spacial score (nSPS) is 14.1. The summed E-state index contributed by atoms with van der Waals surface area (Å²) < 4.78 is 15.4. The second-order valence-electron chi connectivity index (χ2n) is 7.25. The molecule has 2 heterocycles. The first-order valence-corrected chi connectivity index (χ1v) is 10.3. The van der Waals surface area contributed by atoms with E-state index in [2.05, 4.69) is 26.9 Å². The van der Waals surface area contributed by atoms with Crippen LogP contribution in [0.3, 0.4) is 0 Å². The van der Waals surface area contributed by atoms with E-state index in [1.54, 1.807) is 12.4 Å². The SMILES string of the molecule is CCC[C@H](N[S@+]([O-])C(C)(C)C)c1cnc(Nc2ccc(C)nc2)c(Cl)c1. The second kappa shape index (κ2) is 9.04. The van der Waals surface area contributed by atoms with Crippen LogP contribution >= 0.6 is 11.6 Å². The van der Waals surface area contributed by atoms with E-state index in [9.17, 15) is 4.55 Å². The first-order chi connectivity index (χ1) is 12.2. The predicted molar refractivity (Wildman–Crippen MR) is 110 cm³/mol. The summed E-state index contributed by atoms with van der Waals surface area (Å²) in [6, 6.07) is 5.68. The number of aromatic nitrogens is 2. The average molecular weight is 395 g/mol. The molecular weight excluding hydrogens is 368 g/mol. The van der Waals surface area contributed by atoms with Crippen LogP contribution in [0.5, 0.6) is 0 Å². The number of pyridine rings is 2. The Kier molecular flexibility index (Phi) is 7.29. The molecule has 0 unspecified atom stereocenters. The monoisotopic (exact) mass is 394 g/mol. The summed E-state index contributed by atoms with van der Waals surface area (Å²) in [4.78, 5) is 8.71. The van der Waals surface area contributed by atoms with Gasteiger partial charge in [0.25, 0.3) is 0 Å². The molecule has 2 aromatic heterocycles. The first-order valence-electron chi connectivity index (χ1n) is 8.74. The fourth-order valence-electron chi connectivity index (χ4n) is 2.30. The number of halogens is 1. The summed E-state index contributed by atoms with van der Waals surface area (Å²) in [7, 11) is 0. The summed E-state index contributed by atoms with van der Waals surface area (Å²) in [5.41, 5.74) is 2.71. The molecule has 26 heavy (non-hydrogen) atoms. The van der Waals surface area contributed by atoms with E-state index in [0.717, 1.165) is 29.8 Å². The number of nitrogens with one attached hydrogen (secondary N) is 2. The van der Waals surface area contributed by atoms with Crippen molar-refractivity contribution in [1.29, 1.82) is 0 Å². The highest BCUT2D eigenvalue weighted by Crippen LogP contribution is 2.29. The molecule has 2 rings (SSSR count). The number of aryl methyl sites for hydroxylation is 1. The van der Waals surface area contributed by atoms with Crippen molar-refractivity contribution in [3.05, 3.63) is 46.9 Å². The molecule has 0 saturated heterocycles. The third kappa shape index (κ3) is 5.84. The van der Waals surface area contributed by atoms with E-state index < -0.39 is 11.4 Å². The van der Waals surface area contributed by atoms with Crippen molar-refractivity contribution < 1.29 is 4.55 Å². The lowest BCUT2D eigenvalue weighted by atomic mass is 10.1. The maximum absolute atomic E-state index is 12.5. The Morgan fingerprint density at radius 3 is 2.50 bits per heavy atom. The lowest BCUT2D eigenvalue weighted by molar-refractivity contribution is 0.509. The van der Waals surface area contributed by atoms with E-state index in [-0.39, 0.29) is 10.8 Å². The quantitative estimate of drug-likeness (QED) is 0.641. The van der Waals surface area contributed by atoms with Crippen LogP contribution in [0.2, 0.25) is 5.02 Å². The number of anilines is 2. The lowest BCUT2D eigenvalue weighted by Gasteiger charge is -2.28. The van der Waals surface area contributed by atoms with Crippen LogP contribution < -0.4 is 10.0 Å². The van der Waals surface area contributed by atoms with Gasteiger partial charge in [-0.1, -0.05) is 24.9 Å². The standard InChI is InChI=1S/C19H27ClN4OS/c1-6-7-17(24-26(25)19(3,4)5)14-10-16(20)18(22-11-14)23-15-9-8-13(2)21-12-15/h8-12,17,24H,6-7H2,1-5H3,(H,22,23)/t17-,26+/m0/s1. The van der Waals surface area contributed by atoms with Gasteiger partial charge in [-0.25, -0.2) is 4.98 Å². The molecule has 142 valence electrons. The van der Waals surface area contributed by atoms with Gasteiger partial charge in [-0.3, -0.25) is 4.98 Å². The van der Waals surface area contributed by atoms with Crippen LogP contribution in [0.15, 0.2) is 30.6 Å². The van der Waals surface area contributed by atoms with Crippen LogP contribution in [-0.4, -0.2) is 19.3 Å². The third-order valence-corrected chi connectivity index (χ3v) is 5.72. The van der Waals surface area contributed by atoms with E-state index >= 15 is 0 Å². The Hall–Kier alpha value is -1.34. The molecule has 2 N–H and O–H groups in total. The fourth-order valence-corrected chi connectivity index (χ4v) is 3.39.